The lowest BCUT2D eigenvalue weighted by Gasteiger charge is -2.27. The highest BCUT2D eigenvalue weighted by Crippen LogP contribution is 2.25. The summed E-state index contributed by atoms with van der Waals surface area (Å²) in [5.74, 6) is 0.0546. The van der Waals surface area contributed by atoms with E-state index in [1.54, 1.807) is 0 Å². The maximum Gasteiger partial charge on any atom is 0.252 e. The van der Waals surface area contributed by atoms with E-state index in [1.807, 2.05) is 12.1 Å². The Morgan fingerprint density at radius 2 is 2.21 bits per heavy atom. The summed E-state index contributed by atoms with van der Waals surface area (Å²) in [5.41, 5.74) is 2.97. The SMILES string of the molecule is CCCC(C)(C)NC(=O)c1cccc2c1CCCN2. The molecule has 0 unspecified atom stereocenters. The van der Waals surface area contributed by atoms with Crippen LogP contribution in [0.4, 0.5) is 5.69 Å². The van der Waals surface area contributed by atoms with E-state index >= 15 is 0 Å². The van der Waals surface area contributed by atoms with Crippen molar-refractivity contribution in [1.29, 1.82) is 0 Å². The Labute approximate surface area is 115 Å². The zero-order chi connectivity index (χ0) is 13.9. The average molecular weight is 260 g/mol. The molecule has 1 amide bonds. The van der Waals surface area contributed by atoms with Gasteiger partial charge in [-0.3, -0.25) is 4.79 Å². The number of benzene rings is 1. The second-order valence-electron chi connectivity index (χ2n) is 5.95. The molecule has 1 aliphatic rings. The summed E-state index contributed by atoms with van der Waals surface area (Å²) >= 11 is 0. The number of amides is 1. The Hall–Kier alpha value is -1.51. The molecule has 0 radical (unpaired) electrons. The molecule has 0 saturated carbocycles. The third-order valence-electron chi connectivity index (χ3n) is 3.67. The van der Waals surface area contributed by atoms with E-state index in [0.29, 0.717) is 0 Å². The molecular weight excluding hydrogens is 236 g/mol. The van der Waals surface area contributed by atoms with Crippen molar-refractivity contribution in [3.63, 3.8) is 0 Å². The van der Waals surface area contributed by atoms with Gasteiger partial charge in [0.1, 0.15) is 0 Å². The van der Waals surface area contributed by atoms with Gasteiger partial charge in [0.15, 0.2) is 0 Å². The molecule has 3 nitrogen and oxygen atoms in total. The van der Waals surface area contributed by atoms with E-state index in [1.165, 1.54) is 5.56 Å². The highest BCUT2D eigenvalue weighted by atomic mass is 16.1. The summed E-state index contributed by atoms with van der Waals surface area (Å²) in [6.07, 6.45) is 4.14. The Kier molecular flexibility index (Phi) is 4.13. The van der Waals surface area contributed by atoms with Crippen molar-refractivity contribution in [2.75, 3.05) is 11.9 Å². The molecule has 1 heterocycles. The molecule has 0 atom stereocenters. The van der Waals surface area contributed by atoms with Crippen LogP contribution in [0.15, 0.2) is 18.2 Å². The summed E-state index contributed by atoms with van der Waals surface area (Å²) < 4.78 is 0. The molecule has 0 bridgehead atoms. The van der Waals surface area contributed by atoms with Crippen LogP contribution in [0.25, 0.3) is 0 Å². The topological polar surface area (TPSA) is 41.1 Å². The van der Waals surface area contributed by atoms with E-state index < -0.39 is 0 Å². The first-order chi connectivity index (χ1) is 9.03. The summed E-state index contributed by atoms with van der Waals surface area (Å²) in [6.45, 7) is 7.31. The lowest BCUT2D eigenvalue weighted by Crippen LogP contribution is -2.43. The van der Waals surface area contributed by atoms with E-state index in [4.69, 9.17) is 0 Å². The van der Waals surface area contributed by atoms with Gasteiger partial charge in [-0.15, -0.1) is 0 Å². The predicted octanol–water partition coefficient (Wildman–Crippen LogP) is 3.35. The Morgan fingerprint density at radius 3 is 2.95 bits per heavy atom. The largest absolute Gasteiger partial charge is 0.385 e. The summed E-state index contributed by atoms with van der Waals surface area (Å²) in [7, 11) is 0. The summed E-state index contributed by atoms with van der Waals surface area (Å²) in [5, 5.41) is 6.52. The number of nitrogens with one attached hydrogen (secondary N) is 2. The lowest BCUT2D eigenvalue weighted by molar-refractivity contribution is 0.0908. The number of anilines is 1. The van der Waals surface area contributed by atoms with E-state index in [-0.39, 0.29) is 11.4 Å². The van der Waals surface area contributed by atoms with Crippen LogP contribution >= 0.6 is 0 Å². The maximum absolute atomic E-state index is 12.5. The number of carbonyl (C=O) groups excluding carboxylic acids is 1. The standard InChI is InChI=1S/C16H24N2O/c1-4-10-16(2,3)18-15(19)13-7-5-9-14-12(13)8-6-11-17-14/h5,7,9,17H,4,6,8,10-11H2,1-3H3,(H,18,19). The number of carbonyl (C=O) groups is 1. The normalized spacial score (nSPS) is 14.5. The average Bonchev–Trinajstić information content (AvgIpc) is 2.37. The number of hydrogen-bond donors (Lipinski definition) is 2. The van der Waals surface area contributed by atoms with Crippen LogP contribution in [-0.2, 0) is 6.42 Å². The van der Waals surface area contributed by atoms with Gasteiger partial charge in [0.2, 0.25) is 0 Å². The van der Waals surface area contributed by atoms with Gasteiger partial charge in [-0.2, -0.15) is 0 Å². The fourth-order valence-corrected chi connectivity index (χ4v) is 2.78. The predicted molar refractivity (Wildman–Crippen MR) is 79.7 cm³/mol. The van der Waals surface area contributed by atoms with Crippen molar-refractivity contribution in [3.8, 4) is 0 Å². The summed E-state index contributed by atoms with van der Waals surface area (Å²) in [4.78, 5) is 12.5. The van der Waals surface area contributed by atoms with Crippen LogP contribution < -0.4 is 10.6 Å². The minimum absolute atomic E-state index is 0.0546. The third-order valence-corrected chi connectivity index (χ3v) is 3.67. The molecule has 0 aliphatic carbocycles. The zero-order valence-corrected chi connectivity index (χ0v) is 12.2. The second kappa shape index (κ2) is 5.64. The van der Waals surface area contributed by atoms with Gasteiger partial charge in [-0.1, -0.05) is 19.4 Å². The molecule has 0 spiro atoms. The van der Waals surface area contributed by atoms with Crippen molar-refractivity contribution < 1.29 is 4.79 Å². The quantitative estimate of drug-likeness (QED) is 0.871. The fourth-order valence-electron chi connectivity index (χ4n) is 2.78. The van der Waals surface area contributed by atoms with Crippen molar-refractivity contribution in [3.05, 3.63) is 29.3 Å². The van der Waals surface area contributed by atoms with Crippen molar-refractivity contribution in [1.82, 2.24) is 5.32 Å². The molecular formula is C16H24N2O. The first-order valence-corrected chi connectivity index (χ1v) is 7.22. The van der Waals surface area contributed by atoms with Gasteiger partial charge in [-0.25, -0.2) is 0 Å². The monoisotopic (exact) mass is 260 g/mol. The maximum atomic E-state index is 12.5. The van der Waals surface area contributed by atoms with Gasteiger partial charge in [0, 0.05) is 23.3 Å². The molecule has 19 heavy (non-hydrogen) atoms. The number of fused-ring (bicyclic) bond motifs is 1. The van der Waals surface area contributed by atoms with Crippen LogP contribution in [0.3, 0.4) is 0 Å². The molecule has 2 N–H and O–H groups in total. The van der Waals surface area contributed by atoms with E-state index in [0.717, 1.165) is 43.5 Å². The Balaban J connectivity index is 2.20. The minimum Gasteiger partial charge on any atom is -0.385 e. The molecule has 2 rings (SSSR count). The molecule has 1 aromatic carbocycles. The highest BCUT2D eigenvalue weighted by Gasteiger charge is 2.23. The Bertz CT molecular complexity index is 466. The molecule has 0 aromatic heterocycles. The smallest absolute Gasteiger partial charge is 0.252 e. The van der Waals surface area contributed by atoms with Gasteiger partial charge < -0.3 is 10.6 Å². The number of rotatable bonds is 4. The molecule has 1 aromatic rings. The molecule has 3 heteroatoms. The van der Waals surface area contributed by atoms with Crippen LogP contribution in [0.5, 0.6) is 0 Å². The third kappa shape index (κ3) is 3.28. The summed E-state index contributed by atoms with van der Waals surface area (Å²) in [6, 6.07) is 5.95. The molecule has 104 valence electrons. The van der Waals surface area contributed by atoms with Gasteiger partial charge in [0.25, 0.3) is 5.91 Å². The van der Waals surface area contributed by atoms with Crippen molar-refractivity contribution >= 4 is 11.6 Å². The fraction of sp³-hybridized carbons (Fsp3) is 0.562. The first kappa shape index (κ1) is 13.9. The van der Waals surface area contributed by atoms with Crippen molar-refractivity contribution in [2.24, 2.45) is 0 Å². The van der Waals surface area contributed by atoms with Crippen LogP contribution in [0, 0.1) is 0 Å². The Morgan fingerprint density at radius 1 is 1.42 bits per heavy atom. The zero-order valence-electron chi connectivity index (χ0n) is 12.2. The lowest BCUT2D eigenvalue weighted by atomic mass is 9.94. The second-order valence-corrected chi connectivity index (χ2v) is 5.95. The van der Waals surface area contributed by atoms with Crippen LogP contribution in [0.1, 0.15) is 56.0 Å². The highest BCUT2D eigenvalue weighted by molar-refractivity contribution is 5.97. The van der Waals surface area contributed by atoms with Gasteiger partial charge >= 0.3 is 0 Å². The minimum atomic E-state index is -0.142. The first-order valence-electron chi connectivity index (χ1n) is 7.22. The molecule has 1 aliphatic heterocycles. The van der Waals surface area contributed by atoms with Gasteiger partial charge in [-0.05, 0) is 50.8 Å². The number of hydrogen-bond acceptors (Lipinski definition) is 2. The van der Waals surface area contributed by atoms with Crippen molar-refractivity contribution in [2.45, 2.75) is 52.0 Å². The van der Waals surface area contributed by atoms with E-state index in [2.05, 4.69) is 37.5 Å². The molecule has 0 fully saturated rings. The van der Waals surface area contributed by atoms with Crippen LogP contribution in [-0.4, -0.2) is 18.0 Å². The van der Waals surface area contributed by atoms with E-state index in [9.17, 15) is 4.79 Å². The van der Waals surface area contributed by atoms with Crippen LogP contribution in [0.2, 0.25) is 0 Å². The van der Waals surface area contributed by atoms with Gasteiger partial charge in [0.05, 0.1) is 0 Å². The molecule has 0 saturated heterocycles.